The second-order valence-electron chi connectivity index (χ2n) is 6.39. The van der Waals surface area contributed by atoms with E-state index in [1.165, 1.54) is 27.8 Å². The first-order valence-corrected chi connectivity index (χ1v) is 8.10. The monoisotopic (exact) mass is 279 g/mol. The van der Waals surface area contributed by atoms with Gasteiger partial charge < -0.3 is 5.32 Å². The molecule has 0 aromatic heterocycles. The maximum Gasteiger partial charge on any atom is 0.223 e. The van der Waals surface area contributed by atoms with Crippen LogP contribution in [0.1, 0.15) is 42.4 Å². The second-order valence-corrected chi connectivity index (χ2v) is 6.39. The summed E-state index contributed by atoms with van der Waals surface area (Å²) in [5, 5.41) is 3.10. The van der Waals surface area contributed by atoms with Crippen molar-refractivity contribution in [2.75, 3.05) is 6.54 Å². The first-order valence-electron chi connectivity index (χ1n) is 8.10. The number of benzene rings is 1. The summed E-state index contributed by atoms with van der Waals surface area (Å²) in [6.07, 6.45) is 11.1. The minimum Gasteiger partial charge on any atom is -0.356 e. The first kappa shape index (κ1) is 12.9. The van der Waals surface area contributed by atoms with E-state index in [-0.39, 0.29) is 5.91 Å². The third kappa shape index (κ3) is 2.44. The van der Waals surface area contributed by atoms with E-state index in [1.54, 1.807) is 0 Å². The molecule has 3 aliphatic carbocycles. The lowest BCUT2D eigenvalue weighted by Gasteiger charge is -2.26. The Balaban J connectivity index is 1.53. The summed E-state index contributed by atoms with van der Waals surface area (Å²) < 4.78 is 0. The normalized spacial score (nSPS) is 19.4. The predicted molar refractivity (Wildman–Crippen MR) is 84.9 cm³/mol. The lowest BCUT2D eigenvalue weighted by atomic mass is 9.79. The number of hydrogen-bond acceptors (Lipinski definition) is 1. The number of carbonyl (C=O) groups is 1. The number of hydrogen-bond donors (Lipinski definition) is 1. The van der Waals surface area contributed by atoms with Crippen molar-refractivity contribution >= 4 is 11.5 Å². The fraction of sp³-hybridized carbons (Fsp3) is 0.421. The Kier molecular flexibility index (Phi) is 3.17. The molecule has 4 rings (SSSR count). The van der Waals surface area contributed by atoms with Crippen LogP contribution in [0.5, 0.6) is 0 Å². The van der Waals surface area contributed by atoms with E-state index < -0.39 is 0 Å². The van der Waals surface area contributed by atoms with Gasteiger partial charge in [0.1, 0.15) is 0 Å². The topological polar surface area (TPSA) is 29.1 Å². The van der Waals surface area contributed by atoms with E-state index in [0.29, 0.717) is 5.92 Å². The molecule has 0 unspecified atom stereocenters. The maximum absolute atomic E-state index is 11.7. The highest BCUT2D eigenvalue weighted by Crippen LogP contribution is 2.38. The third-order valence-electron chi connectivity index (χ3n) is 4.88. The zero-order chi connectivity index (χ0) is 14.2. The average Bonchev–Trinajstić information content (AvgIpc) is 3.35. The Morgan fingerprint density at radius 2 is 2.05 bits per heavy atom. The van der Waals surface area contributed by atoms with E-state index in [0.717, 1.165) is 45.1 Å². The van der Waals surface area contributed by atoms with Crippen LogP contribution in [0.3, 0.4) is 0 Å². The number of aryl methyl sites for hydroxylation is 1. The van der Waals surface area contributed by atoms with Crippen molar-refractivity contribution in [3.8, 4) is 0 Å². The van der Waals surface area contributed by atoms with Gasteiger partial charge in [-0.05, 0) is 60.8 Å². The second kappa shape index (κ2) is 5.18. The highest BCUT2D eigenvalue weighted by molar-refractivity contribution is 5.84. The number of rotatable bonds is 4. The van der Waals surface area contributed by atoms with Crippen LogP contribution in [0, 0.1) is 5.92 Å². The van der Waals surface area contributed by atoms with Gasteiger partial charge >= 0.3 is 0 Å². The first-order chi connectivity index (χ1) is 10.3. The maximum atomic E-state index is 11.7. The van der Waals surface area contributed by atoms with Gasteiger partial charge in [0.2, 0.25) is 5.91 Å². The van der Waals surface area contributed by atoms with Crippen molar-refractivity contribution in [2.45, 2.75) is 38.5 Å². The molecule has 1 aromatic rings. The summed E-state index contributed by atoms with van der Waals surface area (Å²) in [7, 11) is 0. The Labute approximate surface area is 125 Å². The largest absolute Gasteiger partial charge is 0.356 e. The molecule has 1 aromatic carbocycles. The molecule has 3 aliphatic rings. The highest BCUT2D eigenvalue weighted by atomic mass is 16.2. The van der Waals surface area contributed by atoms with Gasteiger partial charge in [0, 0.05) is 12.5 Å². The van der Waals surface area contributed by atoms with Crippen LogP contribution in [-0.4, -0.2) is 12.5 Å². The number of allylic oxidation sites excluding steroid dienone is 3. The number of amides is 1. The van der Waals surface area contributed by atoms with Crippen LogP contribution >= 0.6 is 0 Å². The molecule has 0 spiro atoms. The van der Waals surface area contributed by atoms with E-state index >= 15 is 0 Å². The van der Waals surface area contributed by atoms with Crippen molar-refractivity contribution in [1.29, 1.82) is 0 Å². The molecule has 1 saturated carbocycles. The molecule has 21 heavy (non-hydrogen) atoms. The standard InChI is InChI=1S/C19H21NO/c21-19(16-9-10-16)20-12-11-13-7-8-15-4-1-3-14-5-2-6-17(13)18(14)15/h1-4,6,16H,5,7-12H2,(H,20,21). The molecule has 0 aliphatic heterocycles. The Morgan fingerprint density at radius 3 is 2.90 bits per heavy atom. The predicted octanol–water partition coefficient (Wildman–Crippen LogP) is 3.42. The number of carbonyl (C=O) groups excluding carboxylic acids is 1. The molecule has 0 atom stereocenters. The quantitative estimate of drug-likeness (QED) is 0.899. The molecule has 108 valence electrons. The van der Waals surface area contributed by atoms with E-state index in [2.05, 4.69) is 35.7 Å². The molecule has 2 nitrogen and oxygen atoms in total. The highest BCUT2D eigenvalue weighted by Gasteiger charge is 2.29. The van der Waals surface area contributed by atoms with Crippen LogP contribution in [0.4, 0.5) is 0 Å². The summed E-state index contributed by atoms with van der Waals surface area (Å²) in [5.74, 6) is 0.576. The van der Waals surface area contributed by atoms with E-state index in [4.69, 9.17) is 0 Å². The van der Waals surface area contributed by atoms with Crippen LogP contribution < -0.4 is 5.32 Å². The van der Waals surface area contributed by atoms with Crippen molar-refractivity contribution in [3.05, 3.63) is 52.6 Å². The van der Waals surface area contributed by atoms with Gasteiger partial charge in [-0.3, -0.25) is 4.79 Å². The molecule has 1 fully saturated rings. The fourth-order valence-electron chi connectivity index (χ4n) is 3.57. The van der Waals surface area contributed by atoms with Gasteiger partial charge in [-0.2, -0.15) is 0 Å². The SMILES string of the molecule is O=C(NCCC1=C2C=CCc3cccc(c32)CC1)C1CC1. The van der Waals surface area contributed by atoms with Gasteiger partial charge in [0.15, 0.2) is 0 Å². The molecule has 0 saturated heterocycles. The molecular weight excluding hydrogens is 258 g/mol. The summed E-state index contributed by atoms with van der Waals surface area (Å²) in [6.45, 7) is 0.791. The summed E-state index contributed by atoms with van der Waals surface area (Å²) in [5.41, 5.74) is 7.39. The van der Waals surface area contributed by atoms with Gasteiger partial charge in [0.05, 0.1) is 0 Å². The summed E-state index contributed by atoms with van der Waals surface area (Å²) in [6, 6.07) is 6.70. The van der Waals surface area contributed by atoms with Crippen LogP contribution in [0.15, 0.2) is 35.9 Å². The molecule has 0 radical (unpaired) electrons. The molecule has 0 heterocycles. The van der Waals surface area contributed by atoms with Crippen LogP contribution in [0.2, 0.25) is 0 Å². The van der Waals surface area contributed by atoms with Gasteiger partial charge in [-0.1, -0.05) is 35.9 Å². The molecule has 2 heteroatoms. The lowest BCUT2D eigenvalue weighted by molar-refractivity contribution is -0.122. The van der Waals surface area contributed by atoms with Crippen molar-refractivity contribution in [3.63, 3.8) is 0 Å². The van der Waals surface area contributed by atoms with E-state index in [1.807, 2.05) is 0 Å². The van der Waals surface area contributed by atoms with Crippen LogP contribution in [-0.2, 0) is 17.6 Å². The molecule has 0 bridgehead atoms. The van der Waals surface area contributed by atoms with Crippen molar-refractivity contribution in [1.82, 2.24) is 5.32 Å². The average molecular weight is 279 g/mol. The minimum absolute atomic E-state index is 0.261. The lowest BCUT2D eigenvalue weighted by Crippen LogP contribution is -2.26. The third-order valence-corrected chi connectivity index (χ3v) is 4.88. The zero-order valence-corrected chi connectivity index (χ0v) is 12.3. The minimum atomic E-state index is 0.261. The van der Waals surface area contributed by atoms with Crippen molar-refractivity contribution in [2.24, 2.45) is 5.92 Å². The Hall–Kier alpha value is -1.83. The molecule has 1 N–H and O–H groups in total. The fourth-order valence-corrected chi connectivity index (χ4v) is 3.57. The van der Waals surface area contributed by atoms with Gasteiger partial charge in [-0.25, -0.2) is 0 Å². The molecular formula is C19H21NO. The Bertz CT molecular complexity index is 650. The smallest absolute Gasteiger partial charge is 0.223 e. The summed E-state index contributed by atoms with van der Waals surface area (Å²) in [4.78, 5) is 11.7. The van der Waals surface area contributed by atoms with Gasteiger partial charge in [-0.15, -0.1) is 0 Å². The number of nitrogens with one attached hydrogen (secondary N) is 1. The Morgan fingerprint density at radius 1 is 1.19 bits per heavy atom. The van der Waals surface area contributed by atoms with Crippen molar-refractivity contribution < 1.29 is 4.79 Å². The zero-order valence-electron chi connectivity index (χ0n) is 12.3. The van der Waals surface area contributed by atoms with E-state index in [9.17, 15) is 4.79 Å². The van der Waals surface area contributed by atoms with Crippen LogP contribution in [0.25, 0.3) is 5.57 Å². The summed E-state index contributed by atoms with van der Waals surface area (Å²) >= 11 is 0. The molecule has 1 amide bonds. The van der Waals surface area contributed by atoms with Gasteiger partial charge in [0.25, 0.3) is 0 Å².